The van der Waals surface area contributed by atoms with Crippen LogP contribution in [0.2, 0.25) is 0 Å². The van der Waals surface area contributed by atoms with E-state index in [1.807, 2.05) is 6.07 Å². The first kappa shape index (κ1) is 18.0. The van der Waals surface area contributed by atoms with Crippen LogP contribution in [0.25, 0.3) is 0 Å². The molecule has 138 valence electrons. The van der Waals surface area contributed by atoms with Gasteiger partial charge in [-0.05, 0) is 37.0 Å². The van der Waals surface area contributed by atoms with Crippen molar-refractivity contribution in [3.05, 3.63) is 47.3 Å². The minimum atomic E-state index is -0.374. The molecule has 0 amide bonds. The Bertz CT molecular complexity index is 774. The second kappa shape index (κ2) is 8.08. The smallest absolute Gasteiger partial charge is 0.340 e. The van der Waals surface area contributed by atoms with E-state index in [0.29, 0.717) is 17.8 Å². The number of hydrogen-bond donors (Lipinski definition) is 1. The van der Waals surface area contributed by atoms with Crippen LogP contribution in [-0.4, -0.2) is 38.8 Å². The molecule has 6 heteroatoms. The molecule has 0 fully saturated rings. The first-order chi connectivity index (χ1) is 12.7. The minimum Gasteiger partial charge on any atom is -0.497 e. The van der Waals surface area contributed by atoms with E-state index < -0.39 is 0 Å². The summed E-state index contributed by atoms with van der Waals surface area (Å²) in [6, 6.07) is 5.68. The molecule has 1 aliphatic rings. The zero-order chi connectivity index (χ0) is 18.5. The van der Waals surface area contributed by atoms with E-state index in [1.165, 1.54) is 18.2 Å². The van der Waals surface area contributed by atoms with Crippen LogP contribution < -0.4 is 14.8 Å². The monoisotopic (exact) mass is 356 g/mol. The number of carbonyl (C=O) groups is 1. The molecule has 0 spiro atoms. The first-order valence-corrected chi connectivity index (χ1v) is 8.69. The number of methoxy groups -OCH3 is 3. The molecule has 1 aromatic heterocycles. The molecule has 0 saturated carbocycles. The van der Waals surface area contributed by atoms with Crippen molar-refractivity contribution >= 4 is 11.7 Å². The van der Waals surface area contributed by atoms with Crippen molar-refractivity contribution in [3.63, 3.8) is 0 Å². The Balaban J connectivity index is 1.85. The molecule has 1 aromatic carbocycles. The SMILES string of the molecule is COC(=O)c1ccncc1NCC1CCCc2cc(OC)cc(OC)c21. The van der Waals surface area contributed by atoms with Crippen molar-refractivity contribution in [3.8, 4) is 11.5 Å². The number of ether oxygens (including phenoxy) is 3. The average molecular weight is 356 g/mol. The summed E-state index contributed by atoms with van der Waals surface area (Å²) < 4.78 is 15.9. The lowest BCUT2D eigenvalue weighted by molar-refractivity contribution is 0.0601. The Morgan fingerprint density at radius 3 is 2.85 bits per heavy atom. The maximum absolute atomic E-state index is 11.9. The number of esters is 1. The number of hydrogen-bond acceptors (Lipinski definition) is 6. The summed E-state index contributed by atoms with van der Waals surface area (Å²) >= 11 is 0. The predicted molar refractivity (Wildman–Crippen MR) is 99.3 cm³/mol. The third-order valence-corrected chi connectivity index (χ3v) is 4.83. The zero-order valence-corrected chi connectivity index (χ0v) is 15.4. The van der Waals surface area contributed by atoms with Gasteiger partial charge in [0.2, 0.25) is 0 Å². The first-order valence-electron chi connectivity index (χ1n) is 8.69. The van der Waals surface area contributed by atoms with E-state index >= 15 is 0 Å². The summed E-state index contributed by atoms with van der Waals surface area (Å²) in [6.45, 7) is 0.686. The van der Waals surface area contributed by atoms with Gasteiger partial charge in [-0.1, -0.05) is 0 Å². The van der Waals surface area contributed by atoms with Crippen LogP contribution >= 0.6 is 0 Å². The molecule has 1 atom stereocenters. The van der Waals surface area contributed by atoms with Gasteiger partial charge < -0.3 is 19.5 Å². The molecule has 1 unspecified atom stereocenters. The van der Waals surface area contributed by atoms with Gasteiger partial charge in [-0.15, -0.1) is 0 Å². The lowest BCUT2D eigenvalue weighted by Gasteiger charge is -2.28. The van der Waals surface area contributed by atoms with Crippen LogP contribution in [0.3, 0.4) is 0 Å². The molecule has 0 bridgehead atoms. The van der Waals surface area contributed by atoms with Crippen LogP contribution in [0.1, 0.15) is 40.2 Å². The van der Waals surface area contributed by atoms with Gasteiger partial charge in [-0.2, -0.15) is 0 Å². The van der Waals surface area contributed by atoms with Gasteiger partial charge in [0.1, 0.15) is 11.5 Å². The lowest BCUT2D eigenvalue weighted by Crippen LogP contribution is -2.20. The molecule has 0 radical (unpaired) electrons. The molecule has 0 aliphatic heterocycles. The maximum Gasteiger partial charge on any atom is 0.340 e. The zero-order valence-electron chi connectivity index (χ0n) is 15.4. The summed E-state index contributed by atoms with van der Waals surface area (Å²) in [4.78, 5) is 16.0. The Hall–Kier alpha value is -2.76. The Morgan fingerprint density at radius 1 is 1.27 bits per heavy atom. The molecule has 0 saturated heterocycles. The Labute approximate surface area is 153 Å². The summed E-state index contributed by atoms with van der Waals surface area (Å²) in [5.74, 6) is 1.58. The summed E-state index contributed by atoms with van der Waals surface area (Å²) in [6.07, 6.45) is 6.41. The van der Waals surface area contributed by atoms with Gasteiger partial charge in [0.25, 0.3) is 0 Å². The third kappa shape index (κ3) is 3.59. The van der Waals surface area contributed by atoms with E-state index in [9.17, 15) is 4.79 Å². The second-order valence-corrected chi connectivity index (χ2v) is 6.29. The third-order valence-electron chi connectivity index (χ3n) is 4.83. The molecule has 26 heavy (non-hydrogen) atoms. The Kier molecular flexibility index (Phi) is 5.61. The second-order valence-electron chi connectivity index (χ2n) is 6.29. The summed E-state index contributed by atoms with van der Waals surface area (Å²) in [5.41, 5.74) is 3.65. The number of aromatic nitrogens is 1. The van der Waals surface area contributed by atoms with Gasteiger partial charge in [0.15, 0.2) is 0 Å². The van der Waals surface area contributed by atoms with Crippen LogP contribution in [-0.2, 0) is 11.2 Å². The number of nitrogens with one attached hydrogen (secondary N) is 1. The number of benzene rings is 1. The maximum atomic E-state index is 11.9. The predicted octanol–water partition coefficient (Wildman–Crippen LogP) is 3.42. The lowest BCUT2D eigenvalue weighted by atomic mass is 9.82. The van der Waals surface area contributed by atoms with E-state index in [4.69, 9.17) is 14.2 Å². The van der Waals surface area contributed by atoms with Gasteiger partial charge in [-0.3, -0.25) is 4.98 Å². The number of nitrogens with zero attached hydrogens (tertiary/aromatic N) is 1. The van der Waals surface area contributed by atoms with E-state index in [1.54, 1.807) is 32.7 Å². The summed E-state index contributed by atoms with van der Waals surface area (Å²) in [5, 5.41) is 3.37. The van der Waals surface area contributed by atoms with Crippen LogP contribution in [0.4, 0.5) is 5.69 Å². The fraction of sp³-hybridized carbons (Fsp3) is 0.400. The number of carbonyl (C=O) groups excluding carboxylic acids is 1. The number of anilines is 1. The molecule has 3 rings (SSSR count). The molecular formula is C20H24N2O4. The van der Waals surface area contributed by atoms with Gasteiger partial charge >= 0.3 is 5.97 Å². The standard InChI is InChI=1S/C20H24N2O4/c1-24-15-9-13-5-4-6-14(19(13)18(10-15)25-2)11-22-17-12-21-8-7-16(17)20(23)26-3/h7-10,12,14,22H,4-6,11H2,1-3H3. The summed E-state index contributed by atoms with van der Waals surface area (Å²) in [7, 11) is 4.73. The quantitative estimate of drug-likeness (QED) is 0.800. The number of fused-ring (bicyclic) bond motifs is 1. The van der Waals surface area contributed by atoms with E-state index in [-0.39, 0.29) is 11.9 Å². The highest BCUT2D eigenvalue weighted by Gasteiger charge is 2.25. The van der Waals surface area contributed by atoms with Gasteiger partial charge in [0, 0.05) is 30.3 Å². The number of pyridine rings is 1. The number of aryl methyl sites for hydroxylation is 1. The van der Waals surface area contributed by atoms with Crippen LogP contribution in [0.15, 0.2) is 30.6 Å². The highest BCUT2D eigenvalue weighted by atomic mass is 16.5. The fourth-order valence-corrected chi connectivity index (χ4v) is 3.56. The van der Waals surface area contributed by atoms with Crippen molar-refractivity contribution in [2.75, 3.05) is 33.2 Å². The van der Waals surface area contributed by atoms with Crippen LogP contribution in [0.5, 0.6) is 11.5 Å². The average Bonchev–Trinajstić information content (AvgIpc) is 2.70. The highest BCUT2D eigenvalue weighted by Crippen LogP contribution is 2.40. The topological polar surface area (TPSA) is 69.7 Å². The molecule has 1 N–H and O–H groups in total. The van der Waals surface area contributed by atoms with Crippen molar-refractivity contribution in [2.45, 2.75) is 25.2 Å². The van der Waals surface area contributed by atoms with E-state index in [0.717, 1.165) is 30.8 Å². The fourth-order valence-electron chi connectivity index (χ4n) is 3.56. The normalized spacial score (nSPS) is 15.7. The van der Waals surface area contributed by atoms with Crippen molar-refractivity contribution in [2.24, 2.45) is 0 Å². The molecule has 1 aliphatic carbocycles. The van der Waals surface area contributed by atoms with Gasteiger partial charge in [0.05, 0.1) is 38.8 Å². The molecule has 2 aromatic rings. The molecular weight excluding hydrogens is 332 g/mol. The van der Waals surface area contributed by atoms with Crippen LogP contribution in [0, 0.1) is 0 Å². The van der Waals surface area contributed by atoms with Crippen molar-refractivity contribution < 1.29 is 19.0 Å². The molecule has 6 nitrogen and oxygen atoms in total. The highest BCUT2D eigenvalue weighted by molar-refractivity contribution is 5.95. The number of rotatable bonds is 6. The minimum absolute atomic E-state index is 0.283. The largest absolute Gasteiger partial charge is 0.497 e. The van der Waals surface area contributed by atoms with Crippen molar-refractivity contribution in [1.82, 2.24) is 4.98 Å². The van der Waals surface area contributed by atoms with E-state index in [2.05, 4.69) is 16.4 Å². The van der Waals surface area contributed by atoms with Gasteiger partial charge in [-0.25, -0.2) is 4.79 Å². The van der Waals surface area contributed by atoms with Crippen molar-refractivity contribution in [1.29, 1.82) is 0 Å². The Morgan fingerprint density at radius 2 is 2.12 bits per heavy atom. The molecule has 1 heterocycles.